The Morgan fingerprint density at radius 1 is 0.714 bits per heavy atom. The van der Waals surface area contributed by atoms with E-state index in [1.54, 1.807) is 0 Å². The fourth-order valence-electron chi connectivity index (χ4n) is 1.66. The molecular weight excluding hydrogens is 562 g/mol. The molecule has 2 aromatic heterocycles. The third-order valence-corrected chi connectivity index (χ3v) is 2.78. The lowest BCUT2D eigenvalue weighted by Crippen LogP contribution is -2.30. The lowest BCUT2D eigenvalue weighted by Gasteiger charge is -1.97. The number of rotatable bonds is 4. The molecule has 0 bridgehead atoms. The molecule has 0 N–H and O–H groups in total. The van der Waals surface area contributed by atoms with Gasteiger partial charge in [-0.05, 0) is 13.3 Å². The van der Waals surface area contributed by atoms with E-state index in [2.05, 4.69) is 58.8 Å². The van der Waals surface area contributed by atoms with Crippen LogP contribution in [0.4, 0.5) is 0 Å². The van der Waals surface area contributed by atoms with E-state index < -0.39 is 18.8 Å². The molecule has 2 rings (SSSR count). The minimum atomic E-state index is -2.94. The Labute approximate surface area is 206 Å². The summed E-state index contributed by atoms with van der Waals surface area (Å²) in [4.78, 5) is 0. The smallest absolute Gasteiger partial charge is 0.391 e. The number of hydrogen-bond donors (Lipinski definition) is 0. The first-order valence-electron chi connectivity index (χ1n) is 8.42. The van der Waals surface area contributed by atoms with E-state index in [1.807, 2.05) is 24.9 Å². The van der Waals surface area contributed by atoms with E-state index in [9.17, 15) is 0 Å². The average Bonchev–Trinajstić information content (AvgIpc) is 3.10. The summed E-state index contributed by atoms with van der Waals surface area (Å²) in [7, 11) is 38.1. The fraction of sp³-hybridized carbons (Fsp3) is 0.571. The summed E-state index contributed by atoms with van der Waals surface area (Å²) in [5, 5.41) is 0. The summed E-state index contributed by atoms with van der Waals surface area (Å²) in [6.07, 6.45) is 15.0. The number of nitrogens with zero attached hydrogens (tertiary/aromatic N) is 4. The first kappa shape index (κ1) is 32.0. The Balaban J connectivity index is 0. The molecule has 0 atom stereocenters. The van der Waals surface area contributed by atoms with Gasteiger partial charge >= 0.3 is 18.8 Å². The summed E-state index contributed by atoms with van der Waals surface area (Å²) < 4.78 is 8.43. The average molecular weight is 588 g/mol. The van der Waals surface area contributed by atoms with Gasteiger partial charge in [-0.25, -0.2) is 18.3 Å². The Bertz CT molecular complexity index is 601. The molecule has 0 amide bonds. The highest BCUT2D eigenvalue weighted by Crippen LogP contribution is 2.23. The van der Waals surface area contributed by atoms with Crippen molar-refractivity contribution in [3.05, 3.63) is 37.4 Å². The quantitative estimate of drug-likeness (QED) is 0.300. The van der Waals surface area contributed by atoms with Crippen molar-refractivity contribution in [3.63, 3.8) is 0 Å². The number of unbranched alkanes of at least 4 members (excludes halogenated alkanes) is 1. The molecule has 0 aliphatic carbocycles. The topological polar surface area (TPSA) is 17.6 Å². The predicted octanol–water partition coefficient (Wildman–Crippen LogP) is 6.20. The van der Waals surface area contributed by atoms with Crippen molar-refractivity contribution in [1.82, 2.24) is 9.13 Å². The van der Waals surface area contributed by atoms with E-state index in [0.29, 0.717) is 0 Å². The minimum absolute atomic E-state index is 1.06. The Morgan fingerprint density at radius 2 is 1.07 bits per heavy atom. The molecule has 28 heavy (non-hydrogen) atoms. The van der Waals surface area contributed by atoms with Crippen LogP contribution >= 0.6 is 80.4 Å². The van der Waals surface area contributed by atoms with Crippen LogP contribution in [0.1, 0.15) is 26.7 Å². The van der Waals surface area contributed by atoms with Gasteiger partial charge in [-0.3, -0.25) is 0 Å². The first-order chi connectivity index (χ1) is 12.7. The van der Waals surface area contributed by atoms with Gasteiger partial charge in [0, 0.05) is 0 Å². The summed E-state index contributed by atoms with van der Waals surface area (Å²) in [5.74, 6) is 0. The van der Waals surface area contributed by atoms with Crippen LogP contribution in [0.5, 0.6) is 0 Å². The Morgan fingerprint density at radius 3 is 1.29 bits per heavy atom. The van der Waals surface area contributed by atoms with Gasteiger partial charge in [0.25, 0.3) is 0 Å². The lowest BCUT2D eigenvalue weighted by molar-refractivity contribution is -0.696. The summed E-state index contributed by atoms with van der Waals surface area (Å²) >= 11 is 0. The normalized spacial score (nSPS) is 10.7. The van der Waals surface area contributed by atoms with Gasteiger partial charge in [0.1, 0.15) is 24.8 Å². The zero-order valence-corrected chi connectivity index (χ0v) is 24.6. The first-order valence-corrected chi connectivity index (χ1v) is 22.4. The third kappa shape index (κ3) is 30.0. The zero-order chi connectivity index (χ0) is 22.4. The SMILES string of the molecule is CCCC[n+]1ccn(C)c1.CC[n+]1ccn(C)c1.[Cl][Al-]([Cl])([Cl])[Cl].[Cl][Al-]([Cl])([Cl])[Cl]. The third-order valence-electron chi connectivity index (χ3n) is 2.78. The molecule has 0 aliphatic rings. The van der Waals surface area contributed by atoms with Gasteiger partial charge in [0.15, 0.2) is 0 Å². The highest BCUT2D eigenvalue weighted by molar-refractivity contribution is 7.81. The highest BCUT2D eigenvalue weighted by atomic mass is 35.9. The van der Waals surface area contributed by atoms with Crippen LogP contribution in [0.25, 0.3) is 0 Å². The molecule has 164 valence electrons. The molecule has 0 aromatic carbocycles. The van der Waals surface area contributed by atoms with Crippen molar-refractivity contribution in [1.29, 1.82) is 0 Å². The molecule has 0 aliphatic heterocycles. The van der Waals surface area contributed by atoms with Crippen molar-refractivity contribution >= 4 is 99.2 Å². The maximum atomic E-state index is 4.99. The molecule has 0 saturated carbocycles. The van der Waals surface area contributed by atoms with Gasteiger partial charge in [-0.15, -0.1) is 0 Å². The van der Waals surface area contributed by atoms with Crippen molar-refractivity contribution in [3.8, 4) is 0 Å². The van der Waals surface area contributed by atoms with Crippen LogP contribution in [-0.4, -0.2) is 27.9 Å². The zero-order valence-electron chi connectivity index (χ0n) is 16.3. The number of imidazole rings is 2. The van der Waals surface area contributed by atoms with Gasteiger partial charge in [-0.1, -0.05) is 13.3 Å². The highest BCUT2D eigenvalue weighted by Gasteiger charge is 2.15. The summed E-state index contributed by atoms with van der Waals surface area (Å²) in [6, 6.07) is 0. The van der Waals surface area contributed by atoms with Crippen LogP contribution in [0.3, 0.4) is 0 Å². The van der Waals surface area contributed by atoms with Gasteiger partial charge in [-0.2, -0.15) is 0 Å². The molecule has 4 nitrogen and oxygen atoms in total. The standard InChI is InChI=1S/C8H15N2.C6H11N2.2Al.8ClH/c1-3-4-5-10-7-6-9(2)8-10;1-3-8-5-4-7(2)6-8;;;;;;;;;;/h6-8H,3-5H2,1-2H3;4-6H,3H2,1-2H3;;;8*1H/q2*+1;2*+3;;;;;;;;/p-8. The second-order valence-corrected chi connectivity index (χ2v) is 31.3. The van der Waals surface area contributed by atoms with Crippen LogP contribution in [0.2, 0.25) is 0 Å². The largest absolute Gasteiger partial charge is 0.564 e. The second kappa shape index (κ2) is 17.4. The van der Waals surface area contributed by atoms with Gasteiger partial charge in [0.05, 0.1) is 27.2 Å². The minimum Gasteiger partial charge on any atom is -0.391 e. The molecule has 2 heterocycles. The molecule has 0 fully saturated rings. The van der Waals surface area contributed by atoms with Crippen LogP contribution in [-0.2, 0) is 27.2 Å². The van der Waals surface area contributed by atoms with Crippen molar-refractivity contribution in [2.45, 2.75) is 39.8 Å². The summed E-state index contributed by atoms with van der Waals surface area (Å²) in [6.45, 7) is 6.54. The van der Waals surface area contributed by atoms with Gasteiger partial charge < -0.3 is 80.4 Å². The maximum Gasteiger partial charge on any atom is 0.564 e. The van der Waals surface area contributed by atoms with E-state index >= 15 is 0 Å². The number of hydrogen-bond acceptors (Lipinski definition) is 0. The Kier molecular flexibility index (Phi) is 19.8. The molecular formula is C14H26Al2Cl8N4. The van der Waals surface area contributed by atoms with E-state index in [-0.39, 0.29) is 0 Å². The van der Waals surface area contributed by atoms with E-state index in [4.69, 9.17) is 80.4 Å². The predicted molar refractivity (Wildman–Crippen MR) is 130 cm³/mol. The second-order valence-electron chi connectivity index (χ2n) is 5.57. The number of halogens is 8. The van der Waals surface area contributed by atoms with E-state index in [1.165, 1.54) is 12.8 Å². The molecule has 14 heteroatoms. The van der Waals surface area contributed by atoms with Crippen molar-refractivity contribution in [2.75, 3.05) is 0 Å². The fourth-order valence-corrected chi connectivity index (χ4v) is 1.66. The monoisotopic (exact) mass is 584 g/mol. The van der Waals surface area contributed by atoms with E-state index in [0.717, 1.165) is 13.1 Å². The van der Waals surface area contributed by atoms with Gasteiger partial charge in [0.2, 0.25) is 12.7 Å². The number of aryl methyl sites for hydroxylation is 4. The Hall–Kier alpha value is 1.80. The molecule has 0 radical (unpaired) electrons. The molecule has 2 aromatic rings. The van der Waals surface area contributed by atoms with Crippen molar-refractivity contribution < 1.29 is 9.13 Å². The lowest BCUT2D eigenvalue weighted by atomic mass is 10.3. The molecule has 0 spiro atoms. The van der Waals surface area contributed by atoms with Crippen LogP contribution in [0.15, 0.2) is 37.4 Å². The van der Waals surface area contributed by atoms with Crippen molar-refractivity contribution in [2.24, 2.45) is 14.1 Å². The number of aromatic nitrogens is 4. The molecule has 0 saturated heterocycles. The maximum absolute atomic E-state index is 4.99. The van der Waals surface area contributed by atoms with Crippen LogP contribution < -0.4 is 9.13 Å². The molecule has 0 unspecified atom stereocenters. The summed E-state index contributed by atoms with van der Waals surface area (Å²) in [5.41, 5.74) is 0. The van der Waals surface area contributed by atoms with Crippen LogP contribution in [0, 0.1) is 0 Å².